The maximum atomic E-state index is 5.08. The molecule has 0 radical (unpaired) electrons. The summed E-state index contributed by atoms with van der Waals surface area (Å²) < 4.78 is 0. The first-order chi connectivity index (χ1) is 25.1. The van der Waals surface area contributed by atoms with E-state index in [2.05, 4.69) is 158 Å². The molecule has 1 heterocycles. The van der Waals surface area contributed by atoms with Crippen LogP contribution < -0.4 is 5.32 Å². The van der Waals surface area contributed by atoms with E-state index in [1.54, 1.807) is 0 Å². The normalized spacial score (nSPS) is 15.7. The lowest BCUT2D eigenvalue weighted by molar-refractivity contribution is 0.674. The maximum absolute atomic E-state index is 5.08. The number of aliphatic imine (C=N–C) groups is 2. The topological polar surface area (TPSA) is 36.8 Å². The highest BCUT2D eigenvalue weighted by atomic mass is 15.2. The highest BCUT2D eigenvalue weighted by Gasteiger charge is 2.23. The summed E-state index contributed by atoms with van der Waals surface area (Å²) in [5.41, 5.74) is 15.5. The monoisotopic (exact) mass is 657 g/mol. The smallest absolute Gasteiger partial charge is 0.159 e. The van der Waals surface area contributed by atoms with Crippen molar-refractivity contribution in [2.45, 2.75) is 25.9 Å². The summed E-state index contributed by atoms with van der Waals surface area (Å²) in [5, 5.41) is 3.64. The van der Waals surface area contributed by atoms with Gasteiger partial charge in [-0.3, -0.25) is 0 Å². The molecular weight excluding hydrogens is 619 g/mol. The van der Waals surface area contributed by atoms with Crippen LogP contribution in [0.4, 0.5) is 0 Å². The summed E-state index contributed by atoms with van der Waals surface area (Å²) >= 11 is 0. The third kappa shape index (κ3) is 6.79. The van der Waals surface area contributed by atoms with E-state index >= 15 is 0 Å². The van der Waals surface area contributed by atoms with Crippen LogP contribution in [0.15, 0.2) is 192 Å². The van der Waals surface area contributed by atoms with Gasteiger partial charge >= 0.3 is 0 Å². The molecule has 0 saturated heterocycles. The van der Waals surface area contributed by atoms with Crippen molar-refractivity contribution in [3.05, 3.63) is 215 Å². The molecule has 2 aliphatic rings. The van der Waals surface area contributed by atoms with Crippen molar-refractivity contribution >= 4 is 22.8 Å². The van der Waals surface area contributed by atoms with E-state index < -0.39 is 0 Å². The van der Waals surface area contributed by atoms with Crippen LogP contribution in [0.2, 0.25) is 0 Å². The zero-order valence-corrected chi connectivity index (χ0v) is 28.8. The summed E-state index contributed by atoms with van der Waals surface area (Å²) in [7, 11) is 0. The fourth-order valence-electron chi connectivity index (χ4n) is 7.00. The van der Waals surface area contributed by atoms with E-state index in [9.17, 15) is 0 Å². The summed E-state index contributed by atoms with van der Waals surface area (Å²) in [6.45, 7) is 6.42. The van der Waals surface area contributed by atoms with Gasteiger partial charge in [-0.15, -0.1) is 0 Å². The van der Waals surface area contributed by atoms with Gasteiger partial charge in [0.2, 0.25) is 0 Å². The number of amidine groups is 2. The molecule has 3 heteroatoms. The van der Waals surface area contributed by atoms with Crippen molar-refractivity contribution < 1.29 is 0 Å². The predicted octanol–water partition coefficient (Wildman–Crippen LogP) is 11.6. The second-order valence-electron chi connectivity index (χ2n) is 13.1. The Hall–Kier alpha value is -6.32. The van der Waals surface area contributed by atoms with Gasteiger partial charge in [-0.1, -0.05) is 164 Å². The lowest BCUT2D eigenvalue weighted by atomic mass is 9.83. The molecule has 6 aromatic rings. The van der Waals surface area contributed by atoms with Gasteiger partial charge < -0.3 is 5.32 Å². The predicted molar refractivity (Wildman–Crippen MR) is 215 cm³/mol. The van der Waals surface area contributed by atoms with Gasteiger partial charge in [0.1, 0.15) is 12.0 Å². The van der Waals surface area contributed by atoms with Gasteiger partial charge in [0.25, 0.3) is 0 Å². The van der Waals surface area contributed by atoms with E-state index in [0.29, 0.717) is 0 Å². The first-order valence-electron chi connectivity index (χ1n) is 17.6. The Morgan fingerprint density at radius 2 is 1.18 bits per heavy atom. The van der Waals surface area contributed by atoms with Gasteiger partial charge in [-0.2, -0.15) is 0 Å². The number of hydrogen-bond donors (Lipinski definition) is 1. The molecule has 1 aliphatic carbocycles. The van der Waals surface area contributed by atoms with Crippen LogP contribution >= 0.6 is 0 Å². The standard InChI is InChI=1S/C48H39N3/c1-3-34-24-29-42(41-21-13-20-40(30-41)37-27-25-36(26-28-37)35-14-7-4-8-15-35)31-45(34)44-32-43(23-22-33(44)2)48-50-46(38-16-9-5-10-17-38)49-47(51-48)39-18-11-6-12-19-39/h3-23,25-28,30-32,46H,1,24,29H2,2H3,(H,49,50,51). The second kappa shape index (κ2) is 14.3. The molecule has 1 atom stereocenters. The first kappa shape index (κ1) is 31.9. The van der Waals surface area contributed by atoms with E-state index in [4.69, 9.17) is 9.98 Å². The Bertz CT molecular complexity index is 2330. The van der Waals surface area contributed by atoms with Crippen molar-refractivity contribution in [3.8, 4) is 22.3 Å². The number of allylic oxidation sites excluding steroid dienone is 5. The SMILES string of the molecule is C=CC1=C(c2cc(C3=NC(c4ccccc4)=NC(c4ccccc4)N3)ccc2C)C=C(c2cccc(-c3ccc(-c4ccccc4)cc3)c2)CC1. The molecule has 0 fully saturated rings. The minimum atomic E-state index is -0.246. The zero-order chi connectivity index (χ0) is 34.6. The Morgan fingerprint density at radius 3 is 1.88 bits per heavy atom. The van der Waals surface area contributed by atoms with Crippen molar-refractivity contribution in [2.24, 2.45) is 9.98 Å². The number of benzene rings is 6. The average Bonchev–Trinajstić information content (AvgIpc) is 3.22. The molecule has 6 aromatic carbocycles. The molecule has 1 aliphatic heterocycles. The highest BCUT2D eigenvalue weighted by Crippen LogP contribution is 2.38. The molecular formula is C48H39N3. The highest BCUT2D eigenvalue weighted by molar-refractivity contribution is 6.13. The molecule has 8 rings (SSSR count). The fourth-order valence-corrected chi connectivity index (χ4v) is 7.00. The van der Waals surface area contributed by atoms with E-state index in [1.807, 2.05) is 30.3 Å². The third-order valence-corrected chi connectivity index (χ3v) is 9.82. The number of rotatable bonds is 8. The first-order valence-corrected chi connectivity index (χ1v) is 17.6. The van der Waals surface area contributed by atoms with Crippen LogP contribution in [0, 0.1) is 6.92 Å². The number of aryl methyl sites for hydroxylation is 1. The van der Waals surface area contributed by atoms with Crippen molar-refractivity contribution in [1.82, 2.24) is 5.32 Å². The molecule has 0 spiro atoms. The van der Waals surface area contributed by atoms with E-state index in [0.717, 1.165) is 41.2 Å². The molecule has 0 amide bonds. The molecule has 3 nitrogen and oxygen atoms in total. The number of nitrogens with one attached hydrogen (secondary N) is 1. The van der Waals surface area contributed by atoms with Gasteiger partial charge in [0.05, 0.1) is 0 Å². The molecule has 246 valence electrons. The largest absolute Gasteiger partial charge is 0.344 e. The zero-order valence-electron chi connectivity index (χ0n) is 28.8. The minimum absolute atomic E-state index is 0.246. The number of nitrogens with zero attached hydrogens (tertiary/aromatic N) is 2. The Balaban J connectivity index is 1.13. The molecule has 51 heavy (non-hydrogen) atoms. The summed E-state index contributed by atoms with van der Waals surface area (Å²) in [6.07, 6.45) is 6.06. The van der Waals surface area contributed by atoms with Gasteiger partial charge in [0, 0.05) is 11.1 Å². The van der Waals surface area contributed by atoms with Crippen molar-refractivity contribution in [2.75, 3.05) is 0 Å². The molecule has 1 unspecified atom stereocenters. The van der Waals surface area contributed by atoms with Gasteiger partial charge in [-0.05, 0) is 93.1 Å². The average molecular weight is 658 g/mol. The lowest BCUT2D eigenvalue weighted by Crippen LogP contribution is -2.33. The van der Waals surface area contributed by atoms with Crippen LogP contribution in [0.3, 0.4) is 0 Å². The van der Waals surface area contributed by atoms with E-state index in [1.165, 1.54) is 55.7 Å². The molecule has 0 saturated carbocycles. The Kier molecular flexibility index (Phi) is 8.93. The second-order valence-corrected chi connectivity index (χ2v) is 13.1. The number of hydrogen-bond acceptors (Lipinski definition) is 3. The maximum Gasteiger partial charge on any atom is 0.159 e. The van der Waals surface area contributed by atoms with Crippen LogP contribution in [0.25, 0.3) is 33.4 Å². The van der Waals surface area contributed by atoms with Crippen LogP contribution in [-0.2, 0) is 0 Å². The molecule has 0 aromatic heterocycles. The summed E-state index contributed by atoms with van der Waals surface area (Å²) in [4.78, 5) is 10.1. The van der Waals surface area contributed by atoms with Gasteiger partial charge in [0.15, 0.2) is 5.84 Å². The fraction of sp³-hybridized carbons (Fsp3) is 0.0833. The third-order valence-electron chi connectivity index (χ3n) is 9.82. The van der Waals surface area contributed by atoms with Crippen LogP contribution in [0.1, 0.15) is 52.4 Å². The lowest BCUT2D eigenvalue weighted by Gasteiger charge is -2.25. The van der Waals surface area contributed by atoms with Crippen LogP contribution in [0.5, 0.6) is 0 Å². The Labute approximate surface area is 300 Å². The van der Waals surface area contributed by atoms with Crippen LogP contribution in [-0.4, -0.2) is 11.7 Å². The van der Waals surface area contributed by atoms with Crippen molar-refractivity contribution in [3.63, 3.8) is 0 Å². The summed E-state index contributed by atoms with van der Waals surface area (Å²) in [6, 6.07) is 55.6. The molecule has 0 bridgehead atoms. The Morgan fingerprint density at radius 1 is 0.588 bits per heavy atom. The quantitative estimate of drug-likeness (QED) is 0.174. The van der Waals surface area contributed by atoms with Crippen molar-refractivity contribution in [1.29, 1.82) is 0 Å². The van der Waals surface area contributed by atoms with E-state index in [-0.39, 0.29) is 6.17 Å². The minimum Gasteiger partial charge on any atom is -0.344 e. The summed E-state index contributed by atoms with van der Waals surface area (Å²) in [5.74, 6) is 1.53. The molecule has 1 N–H and O–H groups in total. The van der Waals surface area contributed by atoms with Gasteiger partial charge in [-0.25, -0.2) is 9.98 Å².